The second-order valence-electron chi connectivity index (χ2n) is 4.39. The van der Waals surface area contributed by atoms with Crippen molar-refractivity contribution in [3.8, 4) is 6.07 Å². The molecular weight excluding hydrogens is 292 g/mol. The maximum Gasteiger partial charge on any atom is 0.236 e. The lowest BCUT2D eigenvalue weighted by molar-refractivity contribution is -0.131. The van der Waals surface area contributed by atoms with Gasteiger partial charge in [0.15, 0.2) is 0 Å². The average Bonchev–Trinajstić information content (AvgIpc) is 3.12. The fourth-order valence-electron chi connectivity index (χ4n) is 1.91. The van der Waals surface area contributed by atoms with Gasteiger partial charge in [-0.25, -0.2) is 9.97 Å². The van der Waals surface area contributed by atoms with Crippen LogP contribution in [-0.4, -0.2) is 51.7 Å². The monoisotopic (exact) mass is 326 g/mol. The number of aromatic amines is 1. The molecule has 0 unspecified atom stereocenters. The highest BCUT2D eigenvalue weighted by atomic mass is 16.2. The predicted molar refractivity (Wildman–Crippen MR) is 86.7 cm³/mol. The van der Waals surface area contributed by atoms with E-state index in [0.717, 1.165) is 18.6 Å². The van der Waals surface area contributed by atoms with Gasteiger partial charge in [-0.1, -0.05) is 6.92 Å². The van der Waals surface area contributed by atoms with Gasteiger partial charge in [0.25, 0.3) is 0 Å². The van der Waals surface area contributed by atoms with E-state index in [9.17, 15) is 4.79 Å². The number of aromatic nitrogens is 3. The molecule has 0 aromatic carbocycles. The van der Waals surface area contributed by atoms with E-state index in [4.69, 9.17) is 24.5 Å². The van der Waals surface area contributed by atoms with Gasteiger partial charge in [-0.05, 0) is 18.3 Å². The summed E-state index contributed by atoms with van der Waals surface area (Å²) in [5, 5.41) is 8.74. The minimum Gasteiger partial charge on any atom is -0.354 e. The second kappa shape index (κ2) is 6.24. The van der Waals surface area contributed by atoms with Crippen molar-refractivity contribution in [2.24, 2.45) is 5.89 Å². The van der Waals surface area contributed by atoms with E-state index >= 15 is 0 Å². The van der Waals surface area contributed by atoms with Crippen molar-refractivity contribution >= 4 is 22.8 Å². The first-order valence-corrected chi connectivity index (χ1v) is 6.31. The molecule has 3 heterocycles. The summed E-state index contributed by atoms with van der Waals surface area (Å²) in [6.07, 6.45) is -5.52. The molecule has 7 heteroatoms. The number of nitrogens with one attached hydrogen (secondary N) is 1. The van der Waals surface area contributed by atoms with Crippen LogP contribution in [0.3, 0.4) is 0 Å². The zero-order chi connectivity index (χ0) is 28.8. The van der Waals surface area contributed by atoms with Gasteiger partial charge >= 0.3 is 0 Å². The Balaban J connectivity index is 2.53. The highest BCUT2D eigenvalue weighted by Crippen LogP contribution is 2.28. The van der Waals surface area contributed by atoms with Crippen LogP contribution in [0.25, 0.3) is 11.0 Å². The molecule has 1 amide bonds. The first-order valence-electron chi connectivity index (χ1n) is 13.3. The Morgan fingerprint density at radius 3 is 3.48 bits per heavy atom. The molecule has 0 radical (unpaired) electrons. The van der Waals surface area contributed by atoms with Crippen molar-refractivity contribution < 1.29 is 24.0 Å². The molecule has 2 aromatic heterocycles. The molecule has 1 aliphatic rings. The summed E-state index contributed by atoms with van der Waals surface area (Å²) in [4.78, 5) is 22.4. The molecule has 3 rings (SSSR count). The lowest BCUT2D eigenvalue weighted by Crippen LogP contribution is -2.52. The maximum atomic E-state index is 13.0. The summed E-state index contributed by atoms with van der Waals surface area (Å²) in [5.74, 6) is -6.45. The Labute approximate surface area is 154 Å². The van der Waals surface area contributed by atoms with Crippen molar-refractivity contribution in [3.05, 3.63) is 18.6 Å². The average molecular weight is 326 g/mol. The number of hydrogen-bond acceptors (Lipinski definition) is 5. The third-order valence-corrected chi connectivity index (χ3v) is 2.98. The smallest absolute Gasteiger partial charge is 0.236 e. The Morgan fingerprint density at radius 1 is 1.83 bits per heavy atom. The molecule has 2 aromatic rings. The zero-order valence-electron chi connectivity index (χ0n) is 25.8. The molecular formula is C16H20N6O. The highest BCUT2D eigenvalue weighted by Gasteiger charge is 2.32. The summed E-state index contributed by atoms with van der Waals surface area (Å²) in [6.45, 7) is -10.9. The van der Waals surface area contributed by atoms with Crippen LogP contribution in [0.4, 0.5) is 5.82 Å². The molecule has 7 nitrogen and oxygen atoms in total. The van der Waals surface area contributed by atoms with E-state index in [0.29, 0.717) is 6.92 Å². The topological polar surface area (TPSA) is 88.9 Å². The third-order valence-electron chi connectivity index (χ3n) is 2.98. The Hall–Kier alpha value is -2.62. The second-order valence-corrected chi connectivity index (χ2v) is 4.39. The lowest BCUT2D eigenvalue weighted by Gasteiger charge is -2.42. The van der Waals surface area contributed by atoms with Crippen LogP contribution in [-0.2, 0) is 4.79 Å². The molecule has 0 aliphatic carbocycles. The molecule has 0 saturated carbocycles. The molecule has 0 spiro atoms. The van der Waals surface area contributed by atoms with Crippen LogP contribution in [0, 0.1) is 17.2 Å². The number of likely N-dealkylation sites (tertiary alicyclic amines) is 1. The van der Waals surface area contributed by atoms with Crippen LogP contribution in [0.1, 0.15) is 38.9 Å². The number of carbonyl (C=O) groups excluding carboxylic acids is 1. The van der Waals surface area contributed by atoms with Crippen molar-refractivity contribution in [1.29, 1.82) is 5.26 Å². The SMILES string of the molecule is [2H]c1c[nH]c2ncnc(N(C([2H])([2H])[2H])[C@@]3([2H])C([2H])([2H])N(C(=O)C([2H])([2H])C#N)C([2H])([2H])C([2H])([2H])[C@@]3([2H])C)c12. The number of fused-ring (bicyclic) bond motifs is 1. The first kappa shape index (κ1) is 5.78. The van der Waals surface area contributed by atoms with Crippen molar-refractivity contribution in [3.63, 3.8) is 0 Å². The molecule has 0 bridgehead atoms. The first-order chi connectivity index (χ1) is 16.5. The van der Waals surface area contributed by atoms with E-state index in [1.165, 1.54) is 0 Å². The number of anilines is 1. The molecule has 1 saturated heterocycles. The Morgan fingerprint density at radius 2 is 2.70 bits per heavy atom. The number of amides is 1. The van der Waals surface area contributed by atoms with Gasteiger partial charge in [-0.2, -0.15) is 5.26 Å². The van der Waals surface area contributed by atoms with Crippen LogP contribution in [0.2, 0.25) is 0 Å². The summed E-state index contributed by atoms with van der Waals surface area (Å²) >= 11 is 0. The summed E-state index contributed by atoms with van der Waals surface area (Å²) in [7, 11) is 0. The quantitative estimate of drug-likeness (QED) is 0.924. The molecule has 1 N–H and O–H groups in total. The number of H-pyrrole nitrogens is 1. The number of piperidine rings is 1. The standard InChI is InChI=1S/C16H20N6O/c1-11-5-8-22(14(23)3-6-17)9-13(11)21(2)16-12-4-7-18-15(12)19-10-20-16/h4,7,10-11,13H,3,5,8-9H2,1-2H3,(H,18,19,20)/t11-,13+/m1/s1/i2D3,3D2,4D,5D2,8D2,9D2,11D,13D. The summed E-state index contributed by atoms with van der Waals surface area (Å²) in [6, 6.07) is -3.32. The minimum atomic E-state index is -4.01. The van der Waals surface area contributed by atoms with Crippen LogP contribution >= 0.6 is 0 Å². The van der Waals surface area contributed by atoms with Gasteiger partial charge in [0, 0.05) is 37.1 Å². The molecule has 2 atom stereocenters. The third kappa shape index (κ3) is 2.84. The van der Waals surface area contributed by atoms with E-state index in [-0.39, 0.29) is 15.9 Å². The van der Waals surface area contributed by atoms with Gasteiger partial charge in [-0.3, -0.25) is 4.79 Å². The van der Waals surface area contributed by atoms with Crippen molar-refractivity contribution in [1.82, 2.24) is 19.9 Å². The summed E-state index contributed by atoms with van der Waals surface area (Å²) < 4.78 is 116. The van der Waals surface area contributed by atoms with Gasteiger partial charge in [0.2, 0.25) is 5.91 Å². The number of nitrogens with zero attached hydrogens (tertiary/aromatic N) is 5. The molecule has 23 heavy (non-hydrogen) atoms. The Kier molecular flexibility index (Phi) is 1.57. The normalized spacial score (nSPS) is 44.3. The lowest BCUT2D eigenvalue weighted by atomic mass is 9.92. The number of rotatable bonds is 3. The van der Waals surface area contributed by atoms with Crippen LogP contribution in [0.15, 0.2) is 18.6 Å². The van der Waals surface area contributed by atoms with Crippen molar-refractivity contribution in [2.75, 3.05) is 24.9 Å². The van der Waals surface area contributed by atoms with E-state index in [1.807, 2.05) is 0 Å². The fraction of sp³-hybridized carbons (Fsp3) is 0.500. The highest BCUT2D eigenvalue weighted by molar-refractivity contribution is 5.87. The van der Waals surface area contributed by atoms with E-state index < -0.39 is 67.3 Å². The van der Waals surface area contributed by atoms with Gasteiger partial charge in [0.1, 0.15) is 24.2 Å². The predicted octanol–water partition coefficient (Wildman–Crippen LogP) is 1.54. The van der Waals surface area contributed by atoms with Gasteiger partial charge in [-0.15, -0.1) is 0 Å². The molecule has 120 valence electrons. The van der Waals surface area contributed by atoms with Gasteiger partial charge in [0.05, 0.1) is 25.7 Å². The zero-order valence-corrected chi connectivity index (χ0v) is 11.8. The minimum absolute atomic E-state index is 0.113. The van der Waals surface area contributed by atoms with E-state index in [1.54, 1.807) is 0 Å². The number of carbonyl (C=O) groups is 1. The summed E-state index contributed by atoms with van der Waals surface area (Å²) in [5.41, 5.74) is -0.136. The number of hydrogen-bond donors (Lipinski definition) is 1. The van der Waals surface area contributed by atoms with Gasteiger partial charge < -0.3 is 14.8 Å². The Bertz CT molecular complexity index is 1300. The maximum absolute atomic E-state index is 13.0. The van der Waals surface area contributed by atoms with E-state index in [2.05, 4.69) is 15.0 Å². The van der Waals surface area contributed by atoms with Crippen LogP contribution in [0.5, 0.6) is 0 Å². The van der Waals surface area contributed by atoms with Crippen molar-refractivity contribution in [2.45, 2.75) is 25.7 Å². The number of likely N-dealkylation sites (N-methyl/N-ethyl adjacent to an activating group) is 1. The largest absolute Gasteiger partial charge is 0.354 e. The molecule has 1 fully saturated rings. The fourth-order valence-corrected chi connectivity index (χ4v) is 1.91. The number of nitriles is 1. The molecule has 1 aliphatic heterocycles. The van der Waals surface area contributed by atoms with Crippen LogP contribution < -0.4 is 4.90 Å².